The Morgan fingerprint density at radius 1 is 1.10 bits per heavy atom. The predicted octanol–water partition coefficient (Wildman–Crippen LogP) is 4.74. The molecule has 1 aliphatic rings. The molecule has 0 bridgehead atoms. The molecule has 2 aromatic heterocycles. The number of aromatic nitrogens is 4. The monoisotopic (exact) mass is 415 g/mol. The zero-order valence-corrected chi connectivity index (χ0v) is 17.7. The Hall–Kier alpha value is -3.61. The number of H-pyrrole nitrogens is 1. The first-order valence-corrected chi connectivity index (χ1v) is 10.5. The topological polar surface area (TPSA) is 85.0 Å². The van der Waals surface area contributed by atoms with Gasteiger partial charge in [-0.2, -0.15) is 5.10 Å². The number of nitrogens with zero attached hydrogens (tertiary/aromatic N) is 3. The Balaban J connectivity index is 1.43. The Labute approximate surface area is 180 Å². The van der Waals surface area contributed by atoms with Crippen LogP contribution in [0.4, 0.5) is 5.82 Å². The molecule has 5 rings (SSSR count). The Kier molecular flexibility index (Phi) is 5.16. The first-order chi connectivity index (χ1) is 15.2. The van der Waals surface area contributed by atoms with Crippen LogP contribution >= 0.6 is 0 Å². The van der Waals surface area contributed by atoms with Crippen molar-refractivity contribution in [1.29, 1.82) is 0 Å². The summed E-state index contributed by atoms with van der Waals surface area (Å²) in [4.78, 5) is 9.26. The van der Waals surface area contributed by atoms with Crippen LogP contribution in [-0.4, -0.2) is 33.9 Å². The van der Waals surface area contributed by atoms with E-state index in [4.69, 9.17) is 9.47 Å². The number of benzene rings is 2. The number of aryl methyl sites for hydroxylation is 1. The van der Waals surface area contributed by atoms with Crippen molar-refractivity contribution in [2.75, 3.05) is 19.0 Å². The van der Waals surface area contributed by atoms with Gasteiger partial charge in [0.15, 0.2) is 11.5 Å². The molecule has 158 valence electrons. The molecule has 4 aromatic rings. The Bertz CT molecular complexity index is 1200. The largest absolute Gasteiger partial charge is 0.493 e. The Morgan fingerprint density at radius 2 is 2.00 bits per heavy atom. The van der Waals surface area contributed by atoms with E-state index in [1.165, 1.54) is 12.8 Å². The average Bonchev–Trinajstić information content (AvgIpc) is 3.45. The van der Waals surface area contributed by atoms with E-state index in [-0.39, 0.29) is 0 Å². The van der Waals surface area contributed by atoms with Gasteiger partial charge in [0.1, 0.15) is 11.6 Å². The molecule has 1 saturated carbocycles. The van der Waals surface area contributed by atoms with Crippen LogP contribution in [0.15, 0.2) is 48.8 Å². The van der Waals surface area contributed by atoms with Gasteiger partial charge in [-0.1, -0.05) is 18.2 Å². The van der Waals surface area contributed by atoms with Gasteiger partial charge in [0.25, 0.3) is 0 Å². The van der Waals surface area contributed by atoms with Crippen molar-refractivity contribution >= 4 is 16.7 Å². The normalized spacial score (nSPS) is 13.4. The van der Waals surface area contributed by atoms with Crippen LogP contribution in [0, 0.1) is 12.8 Å². The lowest BCUT2D eigenvalue weighted by Gasteiger charge is -2.15. The molecule has 0 atom stereocenters. The molecule has 1 aliphatic carbocycles. The number of hydrogen-bond acceptors (Lipinski definition) is 6. The second-order valence-corrected chi connectivity index (χ2v) is 7.93. The molecule has 0 amide bonds. The van der Waals surface area contributed by atoms with Gasteiger partial charge in [-0.15, -0.1) is 0 Å². The molecular weight excluding hydrogens is 390 g/mol. The molecule has 2 aromatic carbocycles. The minimum atomic E-state index is 0.640. The summed E-state index contributed by atoms with van der Waals surface area (Å²) in [6.45, 7) is 3.26. The number of ether oxygens (including phenoxy) is 2. The molecule has 0 aliphatic heterocycles. The number of anilines is 1. The van der Waals surface area contributed by atoms with E-state index >= 15 is 0 Å². The zero-order chi connectivity index (χ0) is 21.2. The van der Waals surface area contributed by atoms with E-state index < -0.39 is 0 Å². The number of rotatable bonds is 8. The van der Waals surface area contributed by atoms with Crippen LogP contribution in [0.2, 0.25) is 0 Å². The van der Waals surface area contributed by atoms with Gasteiger partial charge in [-0.25, -0.2) is 9.97 Å². The van der Waals surface area contributed by atoms with Crippen molar-refractivity contribution in [2.45, 2.75) is 26.3 Å². The van der Waals surface area contributed by atoms with Gasteiger partial charge in [-0.05, 0) is 48.9 Å². The summed E-state index contributed by atoms with van der Waals surface area (Å²) < 4.78 is 11.6. The van der Waals surface area contributed by atoms with Crippen LogP contribution in [0.3, 0.4) is 0 Å². The molecule has 2 heterocycles. The number of aromatic amines is 1. The summed E-state index contributed by atoms with van der Waals surface area (Å²) >= 11 is 0. The number of hydrogen-bond donors (Lipinski definition) is 2. The third-order valence-electron chi connectivity index (χ3n) is 5.48. The Morgan fingerprint density at radius 3 is 2.77 bits per heavy atom. The van der Waals surface area contributed by atoms with E-state index in [1.54, 1.807) is 7.11 Å². The molecule has 0 unspecified atom stereocenters. The molecule has 7 nitrogen and oxygen atoms in total. The SMILES string of the molecule is COc1cc2nc(C)nc(NCc3cccc(-c4cn[nH]c4)c3)c2cc1OCC1CC1. The fourth-order valence-corrected chi connectivity index (χ4v) is 3.61. The molecule has 0 spiro atoms. The van der Waals surface area contributed by atoms with E-state index in [1.807, 2.05) is 31.5 Å². The van der Waals surface area contributed by atoms with E-state index in [9.17, 15) is 0 Å². The van der Waals surface area contributed by atoms with E-state index in [0.29, 0.717) is 24.0 Å². The maximum Gasteiger partial charge on any atom is 0.162 e. The third kappa shape index (κ3) is 4.30. The summed E-state index contributed by atoms with van der Waals surface area (Å²) in [5, 5.41) is 11.3. The summed E-state index contributed by atoms with van der Waals surface area (Å²) in [7, 11) is 1.66. The first kappa shape index (κ1) is 19.4. The highest BCUT2D eigenvalue weighted by molar-refractivity contribution is 5.91. The second-order valence-electron chi connectivity index (χ2n) is 7.93. The maximum absolute atomic E-state index is 6.05. The minimum absolute atomic E-state index is 0.640. The van der Waals surface area contributed by atoms with E-state index in [0.717, 1.165) is 45.8 Å². The lowest BCUT2D eigenvalue weighted by atomic mass is 10.1. The summed E-state index contributed by atoms with van der Waals surface area (Å²) in [5.74, 6) is 3.59. The van der Waals surface area contributed by atoms with Gasteiger partial charge in [0.05, 0.1) is 25.4 Å². The average molecular weight is 415 g/mol. The lowest BCUT2D eigenvalue weighted by Crippen LogP contribution is -2.06. The van der Waals surface area contributed by atoms with Crippen LogP contribution in [-0.2, 0) is 6.54 Å². The van der Waals surface area contributed by atoms with Crippen LogP contribution in [0.5, 0.6) is 11.5 Å². The van der Waals surface area contributed by atoms with Gasteiger partial charge >= 0.3 is 0 Å². The quantitative estimate of drug-likeness (QED) is 0.432. The standard InChI is InChI=1S/C24H25N5O2/c1-15-28-21-10-22(30-2)23(31-14-16-6-7-16)9-20(21)24(29-15)25-11-17-4-3-5-18(8-17)19-12-26-27-13-19/h3-5,8-10,12-13,16H,6-7,11,14H2,1-2H3,(H,26,27)(H,25,28,29). The highest BCUT2D eigenvalue weighted by atomic mass is 16.5. The summed E-state index contributed by atoms with van der Waals surface area (Å²) in [6.07, 6.45) is 6.19. The van der Waals surface area contributed by atoms with Crippen LogP contribution < -0.4 is 14.8 Å². The first-order valence-electron chi connectivity index (χ1n) is 10.5. The van der Waals surface area contributed by atoms with Crippen LogP contribution in [0.1, 0.15) is 24.2 Å². The van der Waals surface area contributed by atoms with Gasteiger partial charge < -0.3 is 14.8 Å². The lowest BCUT2D eigenvalue weighted by molar-refractivity contribution is 0.281. The smallest absolute Gasteiger partial charge is 0.162 e. The minimum Gasteiger partial charge on any atom is -0.493 e. The molecule has 2 N–H and O–H groups in total. The van der Waals surface area contributed by atoms with Gasteiger partial charge in [0.2, 0.25) is 0 Å². The number of fused-ring (bicyclic) bond motifs is 1. The highest BCUT2D eigenvalue weighted by Crippen LogP contribution is 2.36. The van der Waals surface area contributed by atoms with Crippen molar-refractivity contribution in [1.82, 2.24) is 20.2 Å². The van der Waals surface area contributed by atoms with E-state index in [2.05, 4.69) is 49.7 Å². The molecular formula is C24H25N5O2. The van der Waals surface area contributed by atoms with Crippen molar-refractivity contribution in [3.05, 3.63) is 60.2 Å². The predicted molar refractivity (Wildman–Crippen MR) is 120 cm³/mol. The molecule has 7 heteroatoms. The van der Waals surface area contributed by atoms with Crippen molar-refractivity contribution in [2.24, 2.45) is 5.92 Å². The van der Waals surface area contributed by atoms with Crippen molar-refractivity contribution in [3.8, 4) is 22.6 Å². The second kappa shape index (κ2) is 8.26. The molecule has 0 radical (unpaired) electrons. The number of methoxy groups -OCH3 is 1. The summed E-state index contributed by atoms with van der Waals surface area (Å²) in [5.41, 5.74) is 4.17. The molecule has 31 heavy (non-hydrogen) atoms. The van der Waals surface area contributed by atoms with Crippen LogP contribution in [0.25, 0.3) is 22.0 Å². The maximum atomic E-state index is 6.05. The van der Waals surface area contributed by atoms with Crippen molar-refractivity contribution < 1.29 is 9.47 Å². The molecule has 0 saturated heterocycles. The van der Waals surface area contributed by atoms with Crippen molar-refractivity contribution in [3.63, 3.8) is 0 Å². The number of nitrogens with one attached hydrogen (secondary N) is 2. The summed E-state index contributed by atoms with van der Waals surface area (Å²) in [6, 6.07) is 12.3. The highest BCUT2D eigenvalue weighted by Gasteiger charge is 2.23. The van der Waals surface area contributed by atoms with Gasteiger partial charge in [0, 0.05) is 29.8 Å². The zero-order valence-electron chi connectivity index (χ0n) is 17.7. The fourth-order valence-electron chi connectivity index (χ4n) is 3.61. The molecule has 1 fully saturated rings. The third-order valence-corrected chi connectivity index (χ3v) is 5.48. The van der Waals surface area contributed by atoms with Gasteiger partial charge in [-0.3, -0.25) is 5.10 Å². The fraction of sp³-hybridized carbons (Fsp3) is 0.292.